The Morgan fingerprint density at radius 2 is 2.00 bits per heavy atom. The molecule has 0 aromatic heterocycles. The fourth-order valence-corrected chi connectivity index (χ4v) is 2.90. The molecule has 2 N–H and O–H groups in total. The highest BCUT2D eigenvalue weighted by Gasteiger charge is 2.28. The van der Waals surface area contributed by atoms with E-state index in [0.717, 1.165) is 39.4 Å². The quantitative estimate of drug-likeness (QED) is 0.780. The first-order chi connectivity index (χ1) is 8.68. The van der Waals surface area contributed by atoms with Gasteiger partial charge in [0.2, 0.25) is 0 Å². The van der Waals surface area contributed by atoms with Crippen molar-refractivity contribution >= 4 is 0 Å². The van der Waals surface area contributed by atoms with Gasteiger partial charge < -0.3 is 15.4 Å². The Kier molecular flexibility index (Phi) is 5.42. The molecule has 18 heavy (non-hydrogen) atoms. The zero-order chi connectivity index (χ0) is 12.8. The van der Waals surface area contributed by atoms with Crippen molar-refractivity contribution in [2.45, 2.75) is 44.7 Å². The van der Waals surface area contributed by atoms with Crippen LogP contribution in [0, 0.1) is 0 Å². The maximum atomic E-state index is 5.44. The summed E-state index contributed by atoms with van der Waals surface area (Å²) in [5, 5.41) is 7.25. The molecule has 2 aliphatic heterocycles. The molecule has 2 rings (SSSR count). The van der Waals surface area contributed by atoms with Gasteiger partial charge in [-0.05, 0) is 46.2 Å². The molecule has 0 aromatic rings. The maximum Gasteiger partial charge on any atom is 0.0594 e. The summed E-state index contributed by atoms with van der Waals surface area (Å²) < 4.78 is 5.44. The van der Waals surface area contributed by atoms with E-state index in [2.05, 4.69) is 29.4 Å². The molecule has 2 aliphatic rings. The van der Waals surface area contributed by atoms with Crippen LogP contribution >= 0.6 is 0 Å². The highest BCUT2D eigenvalue weighted by molar-refractivity contribution is 4.87. The van der Waals surface area contributed by atoms with Crippen LogP contribution in [-0.2, 0) is 4.74 Å². The predicted molar refractivity (Wildman–Crippen MR) is 75.0 cm³/mol. The lowest BCUT2D eigenvalue weighted by atomic mass is 10.0. The summed E-state index contributed by atoms with van der Waals surface area (Å²) in [5.41, 5.74) is 0.240. The molecule has 2 fully saturated rings. The Balaban J connectivity index is 1.75. The fraction of sp³-hybridized carbons (Fsp3) is 1.00. The molecule has 1 atom stereocenters. The van der Waals surface area contributed by atoms with E-state index < -0.39 is 0 Å². The van der Waals surface area contributed by atoms with Crippen LogP contribution in [-0.4, -0.2) is 62.4 Å². The highest BCUT2D eigenvalue weighted by atomic mass is 16.5. The number of nitrogens with zero attached hydrogens (tertiary/aromatic N) is 1. The van der Waals surface area contributed by atoms with E-state index in [1.54, 1.807) is 0 Å². The molecular formula is C14H29N3O. The van der Waals surface area contributed by atoms with Gasteiger partial charge in [0.25, 0.3) is 0 Å². The van der Waals surface area contributed by atoms with Gasteiger partial charge in [-0.1, -0.05) is 0 Å². The SMILES string of the molecule is CC(C)(CNC1CCCNCC1)N1CCOCC1. The van der Waals surface area contributed by atoms with E-state index in [1.165, 1.54) is 25.8 Å². The van der Waals surface area contributed by atoms with Crippen molar-refractivity contribution in [1.29, 1.82) is 0 Å². The van der Waals surface area contributed by atoms with Crippen LogP contribution in [0.2, 0.25) is 0 Å². The lowest BCUT2D eigenvalue weighted by Crippen LogP contribution is -2.55. The van der Waals surface area contributed by atoms with Gasteiger partial charge in [-0.15, -0.1) is 0 Å². The molecule has 1 unspecified atom stereocenters. The van der Waals surface area contributed by atoms with Crippen LogP contribution in [0.4, 0.5) is 0 Å². The van der Waals surface area contributed by atoms with Crippen LogP contribution in [0.1, 0.15) is 33.1 Å². The zero-order valence-corrected chi connectivity index (χ0v) is 12.0. The Labute approximate surface area is 111 Å². The van der Waals surface area contributed by atoms with Gasteiger partial charge in [-0.25, -0.2) is 0 Å². The Morgan fingerprint density at radius 3 is 2.78 bits per heavy atom. The summed E-state index contributed by atoms with van der Waals surface area (Å²) in [4.78, 5) is 2.55. The van der Waals surface area contributed by atoms with Crippen LogP contribution in [0.15, 0.2) is 0 Å². The molecular weight excluding hydrogens is 226 g/mol. The molecule has 0 aromatic carbocycles. The minimum atomic E-state index is 0.240. The van der Waals surface area contributed by atoms with E-state index in [9.17, 15) is 0 Å². The molecule has 4 nitrogen and oxygen atoms in total. The smallest absolute Gasteiger partial charge is 0.0594 e. The summed E-state index contributed by atoms with van der Waals surface area (Å²) in [6.07, 6.45) is 3.88. The van der Waals surface area contributed by atoms with Crippen LogP contribution < -0.4 is 10.6 Å². The van der Waals surface area contributed by atoms with Gasteiger partial charge in [0.15, 0.2) is 0 Å². The summed E-state index contributed by atoms with van der Waals surface area (Å²) in [5.74, 6) is 0. The first-order valence-electron chi connectivity index (χ1n) is 7.45. The van der Waals surface area contributed by atoms with Crippen molar-refractivity contribution in [3.63, 3.8) is 0 Å². The Hall–Kier alpha value is -0.160. The van der Waals surface area contributed by atoms with E-state index >= 15 is 0 Å². The van der Waals surface area contributed by atoms with Gasteiger partial charge in [0.05, 0.1) is 13.2 Å². The summed E-state index contributed by atoms with van der Waals surface area (Å²) in [6, 6.07) is 0.695. The number of rotatable bonds is 4. The minimum Gasteiger partial charge on any atom is -0.379 e. The summed E-state index contributed by atoms with van der Waals surface area (Å²) >= 11 is 0. The maximum absolute atomic E-state index is 5.44. The first-order valence-corrected chi connectivity index (χ1v) is 7.45. The second-order valence-corrected chi connectivity index (χ2v) is 6.17. The van der Waals surface area contributed by atoms with Gasteiger partial charge in [0, 0.05) is 31.2 Å². The van der Waals surface area contributed by atoms with Crippen molar-refractivity contribution in [2.24, 2.45) is 0 Å². The van der Waals surface area contributed by atoms with Crippen molar-refractivity contribution < 1.29 is 4.74 Å². The van der Waals surface area contributed by atoms with Gasteiger partial charge in [-0.2, -0.15) is 0 Å². The predicted octanol–water partition coefficient (Wildman–Crippen LogP) is 0.829. The number of hydrogen-bond donors (Lipinski definition) is 2. The second kappa shape index (κ2) is 6.85. The van der Waals surface area contributed by atoms with Crippen LogP contribution in [0.3, 0.4) is 0 Å². The van der Waals surface area contributed by atoms with E-state index in [-0.39, 0.29) is 5.54 Å². The highest BCUT2D eigenvalue weighted by Crippen LogP contribution is 2.16. The molecule has 0 bridgehead atoms. The average molecular weight is 255 g/mol. The molecule has 0 radical (unpaired) electrons. The lowest BCUT2D eigenvalue weighted by molar-refractivity contribution is -0.0104. The Morgan fingerprint density at radius 1 is 1.22 bits per heavy atom. The van der Waals surface area contributed by atoms with Gasteiger partial charge >= 0.3 is 0 Å². The number of nitrogens with one attached hydrogen (secondary N) is 2. The van der Waals surface area contributed by atoms with E-state index in [4.69, 9.17) is 4.74 Å². The second-order valence-electron chi connectivity index (χ2n) is 6.17. The molecule has 0 amide bonds. The number of hydrogen-bond acceptors (Lipinski definition) is 4. The third kappa shape index (κ3) is 4.19. The molecule has 4 heteroatoms. The zero-order valence-electron chi connectivity index (χ0n) is 12.0. The van der Waals surface area contributed by atoms with Crippen LogP contribution in [0.25, 0.3) is 0 Å². The van der Waals surface area contributed by atoms with Crippen LogP contribution in [0.5, 0.6) is 0 Å². The topological polar surface area (TPSA) is 36.5 Å². The Bertz CT molecular complexity index is 231. The van der Waals surface area contributed by atoms with Crippen molar-refractivity contribution in [3.05, 3.63) is 0 Å². The van der Waals surface area contributed by atoms with Gasteiger partial charge in [-0.3, -0.25) is 4.90 Å². The molecule has 0 spiro atoms. The largest absolute Gasteiger partial charge is 0.379 e. The minimum absolute atomic E-state index is 0.240. The molecule has 0 aliphatic carbocycles. The first kappa shape index (κ1) is 14.3. The van der Waals surface area contributed by atoms with Crippen molar-refractivity contribution in [3.8, 4) is 0 Å². The molecule has 106 valence electrons. The normalized spacial score (nSPS) is 28.0. The summed E-state index contributed by atoms with van der Waals surface area (Å²) in [6.45, 7) is 12.0. The number of ether oxygens (including phenoxy) is 1. The van der Waals surface area contributed by atoms with E-state index in [1.807, 2.05) is 0 Å². The number of morpholine rings is 1. The molecule has 2 saturated heterocycles. The molecule has 0 saturated carbocycles. The molecule has 2 heterocycles. The lowest BCUT2D eigenvalue weighted by Gasteiger charge is -2.41. The third-order valence-electron chi connectivity index (χ3n) is 4.27. The summed E-state index contributed by atoms with van der Waals surface area (Å²) in [7, 11) is 0. The fourth-order valence-electron chi connectivity index (χ4n) is 2.90. The standard InChI is InChI=1S/C14H29N3O/c1-14(2,17-8-10-18-11-9-17)12-16-13-4-3-6-15-7-5-13/h13,15-16H,3-12H2,1-2H3. The van der Waals surface area contributed by atoms with Crippen molar-refractivity contribution in [1.82, 2.24) is 15.5 Å². The van der Waals surface area contributed by atoms with E-state index in [0.29, 0.717) is 6.04 Å². The van der Waals surface area contributed by atoms with Crippen molar-refractivity contribution in [2.75, 3.05) is 45.9 Å². The van der Waals surface area contributed by atoms with Gasteiger partial charge in [0.1, 0.15) is 0 Å². The monoisotopic (exact) mass is 255 g/mol. The average Bonchev–Trinajstić information content (AvgIpc) is 2.66. The third-order valence-corrected chi connectivity index (χ3v) is 4.27.